The van der Waals surface area contributed by atoms with Crippen LogP contribution < -0.4 is 11.1 Å². The van der Waals surface area contributed by atoms with Gasteiger partial charge in [-0.3, -0.25) is 4.79 Å². The number of nitrogens with one attached hydrogen (secondary N) is 1. The molecule has 0 spiro atoms. The van der Waals surface area contributed by atoms with Gasteiger partial charge in [0.15, 0.2) is 5.06 Å². The molecule has 24 heavy (non-hydrogen) atoms. The maximum Gasteiger partial charge on any atom is 0.251 e. The highest BCUT2D eigenvalue weighted by Gasteiger charge is 2.19. The van der Waals surface area contributed by atoms with Crippen molar-refractivity contribution in [2.45, 2.75) is 44.9 Å². The molecule has 1 atom stereocenters. The molecule has 2 rings (SSSR count). The summed E-state index contributed by atoms with van der Waals surface area (Å²) >= 11 is 1.25. The highest BCUT2D eigenvalue weighted by molar-refractivity contribution is 7.12. The maximum absolute atomic E-state index is 12.3. The van der Waals surface area contributed by atoms with Crippen LogP contribution in [0.25, 0.3) is 0 Å². The predicted molar refractivity (Wildman–Crippen MR) is 101 cm³/mol. The average molecular weight is 346 g/mol. The summed E-state index contributed by atoms with van der Waals surface area (Å²) < 4.78 is 0. The molecule has 1 amide bonds. The first kappa shape index (κ1) is 18.3. The highest BCUT2D eigenvalue weighted by Crippen LogP contribution is 2.38. The molecule has 0 aliphatic carbocycles. The van der Waals surface area contributed by atoms with Crippen molar-refractivity contribution in [1.82, 2.24) is 5.32 Å². The van der Waals surface area contributed by atoms with Crippen molar-refractivity contribution in [3.8, 4) is 5.06 Å². The van der Waals surface area contributed by atoms with Crippen LogP contribution in [0.1, 0.15) is 60.9 Å². The number of hydrogen-bond donors (Lipinski definition) is 3. The van der Waals surface area contributed by atoms with Gasteiger partial charge in [-0.05, 0) is 24.1 Å². The van der Waals surface area contributed by atoms with E-state index < -0.39 is 0 Å². The normalized spacial score (nSPS) is 12.0. The van der Waals surface area contributed by atoms with E-state index in [0.717, 1.165) is 18.4 Å². The van der Waals surface area contributed by atoms with E-state index in [9.17, 15) is 9.90 Å². The largest absolute Gasteiger partial charge is 0.498 e. The summed E-state index contributed by atoms with van der Waals surface area (Å²) in [5.74, 6) is 0.0545. The Hall–Kier alpha value is -2.01. The molecule has 0 bridgehead atoms. The van der Waals surface area contributed by atoms with Gasteiger partial charge < -0.3 is 16.2 Å². The first-order valence-corrected chi connectivity index (χ1v) is 9.40. The number of carbonyl (C=O) groups is 1. The van der Waals surface area contributed by atoms with Gasteiger partial charge in [-0.2, -0.15) is 0 Å². The number of benzene rings is 1. The van der Waals surface area contributed by atoms with Crippen molar-refractivity contribution in [2.24, 2.45) is 0 Å². The summed E-state index contributed by atoms with van der Waals surface area (Å²) in [5, 5.41) is 14.8. The maximum atomic E-state index is 12.3. The molecule has 0 aliphatic rings. The number of thiophene rings is 1. The van der Waals surface area contributed by atoms with Crippen LogP contribution in [0.2, 0.25) is 0 Å². The molecule has 1 heterocycles. The van der Waals surface area contributed by atoms with Crippen LogP contribution in [0.5, 0.6) is 5.06 Å². The minimum Gasteiger partial charge on any atom is -0.498 e. The minimum atomic E-state index is -0.0767. The molecular formula is C19H26N2O2S. The second-order valence-corrected chi connectivity index (χ2v) is 6.89. The van der Waals surface area contributed by atoms with Crippen molar-refractivity contribution < 1.29 is 9.90 Å². The van der Waals surface area contributed by atoms with Gasteiger partial charge in [0.05, 0.1) is 5.69 Å². The summed E-state index contributed by atoms with van der Waals surface area (Å²) in [6, 6.07) is 9.20. The lowest BCUT2D eigenvalue weighted by atomic mass is 9.93. The van der Waals surface area contributed by atoms with E-state index in [-0.39, 0.29) is 16.9 Å². The summed E-state index contributed by atoms with van der Waals surface area (Å²) in [4.78, 5) is 12.3. The van der Waals surface area contributed by atoms with Crippen molar-refractivity contribution in [3.63, 3.8) is 0 Å². The van der Waals surface area contributed by atoms with Gasteiger partial charge in [-0.25, -0.2) is 0 Å². The van der Waals surface area contributed by atoms with Gasteiger partial charge in [0.1, 0.15) is 0 Å². The van der Waals surface area contributed by atoms with Crippen molar-refractivity contribution in [2.75, 3.05) is 12.3 Å². The van der Waals surface area contributed by atoms with Crippen LogP contribution in [-0.4, -0.2) is 17.6 Å². The monoisotopic (exact) mass is 346 g/mol. The zero-order valence-electron chi connectivity index (χ0n) is 14.1. The van der Waals surface area contributed by atoms with Gasteiger partial charge in [0.2, 0.25) is 0 Å². The summed E-state index contributed by atoms with van der Waals surface area (Å²) in [6.45, 7) is 2.71. The number of aromatic hydroxyl groups is 1. The lowest BCUT2D eigenvalue weighted by Gasteiger charge is -2.18. The van der Waals surface area contributed by atoms with E-state index in [1.54, 1.807) is 12.1 Å². The molecule has 0 fully saturated rings. The third-order valence-corrected chi connectivity index (χ3v) is 5.04. The highest BCUT2D eigenvalue weighted by atomic mass is 32.1. The molecule has 0 radical (unpaired) electrons. The van der Waals surface area contributed by atoms with E-state index in [1.165, 1.54) is 30.6 Å². The number of amides is 1. The third-order valence-electron chi connectivity index (χ3n) is 4.23. The number of nitrogens with two attached hydrogens (primary N) is 1. The zero-order valence-corrected chi connectivity index (χ0v) is 14.9. The smallest absolute Gasteiger partial charge is 0.251 e. The van der Waals surface area contributed by atoms with Gasteiger partial charge >= 0.3 is 0 Å². The Morgan fingerprint density at radius 2 is 2.00 bits per heavy atom. The molecule has 1 aromatic heterocycles. The first-order chi connectivity index (χ1) is 11.6. The van der Waals surface area contributed by atoms with Gasteiger partial charge in [0, 0.05) is 23.4 Å². The number of rotatable bonds is 9. The molecule has 4 nitrogen and oxygen atoms in total. The van der Waals surface area contributed by atoms with E-state index in [4.69, 9.17) is 5.73 Å². The SMILES string of the molecule is CCCCCCC(CNC(=O)c1ccccc1)c1csc(O)c1N. The summed E-state index contributed by atoms with van der Waals surface area (Å²) in [7, 11) is 0. The van der Waals surface area contributed by atoms with E-state index >= 15 is 0 Å². The Morgan fingerprint density at radius 3 is 2.62 bits per heavy atom. The number of unbranched alkanes of at least 4 members (excludes halogenated alkanes) is 3. The first-order valence-electron chi connectivity index (χ1n) is 8.52. The molecule has 4 N–H and O–H groups in total. The lowest BCUT2D eigenvalue weighted by Crippen LogP contribution is -2.28. The Labute approximate surface area is 147 Å². The number of nitrogen functional groups attached to an aromatic ring is 1. The van der Waals surface area contributed by atoms with Crippen LogP contribution in [0.4, 0.5) is 5.69 Å². The molecule has 0 saturated carbocycles. The van der Waals surface area contributed by atoms with Gasteiger partial charge in [-0.1, -0.05) is 50.8 Å². The fourth-order valence-corrected chi connectivity index (χ4v) is 3.58. The minimum absolute atomic E-state index is 0.0767. The van der Waals surface area contributed by atoms with Crippen LogP contribution >= 0.6 is 11.3 Å². The molecule has 5 heteroatoms. The van der Waals surface area contributed by atoms with Crippen molar-refractivity contribution in [1.29, 1.82) is 0 Å². The number of anilines is 1. The fourth-order valence-electron chi connectivity index (χ4n) is 2.78. The lowest BCUT2D eigenvalue weighted by molar-refractivity contribution is 0.0950. The second kappa shape index (κ2) is 9.33. The summed E-state index contributed by atoms with van der Waals surface area (Å²) in [6.07, 6.45) is 5.63. The Kier molecular flexibility index (Phi) is 7.12. The van der Waals surface area contributed by atoms with E-state index in [1.807, 2.05) is 23.6 Å². The van der Waals surface area contributed by atoms with E-state index in [2.05, 4.69) is 12.2 Å². The van der Waals surface area contributed by atoms with Crippen LogP contribution in [-0.2, 0) is 0 Å². The Bertz CT molecular complexity index is 640. The van der Waals surface area contributed by atoms with Crippen LogP contribution in [0.3, 0.4) is 0 Å². The molecular weight excluding hydrogens is 320 g/mol. The molecule has 0 aliphatic heterocycles. The summed E-state index contributed by atoms with van der Waals surface area (Å²) in [5.41, 5.74) is 8.05. The van der Waals surface area contributed by atoms with Gasteiger partial charge in [-0.15, -0.1) is 11.3 Å². The predicted octanol–water partition coefficient (Wildman–Crippen LogP) is 4.52. The van der Waals surface area contributed by atoms with Gasteiger partial charge in [0.25, 0.3) is 5.91 Å². The third kappa shape index (κ3) is 4.99. The molecule has 1 unspecified atom stereocenters. The van der Waals surface area contributed by atoms with Crippen LogP contribution in [0.15, 0.2) is 35.7 Å². The number of carbonyl (C=O) groups excluding carboxylic acids is 1. The molecule has 1 aromatic carbocycles. The Balaban J connectivity index is 2.00. The molecule has 0 saturated heterocycles. The van der Waals surface area contributed by atoms with Crippen molar-refractivity contribution in [3.05, 3.63) is 46.8 Å². The number of hydrogen-bond acceptors (Lipinski definition) is 4. The fraction of sp³-hybridized carbons (Fsp3) is 0.421. The second-order valence-electron chi connectivity index (χ2n) is 6.03. The zero-order chi connectivity index (χ0) is 17.4. The van der Waals surface area contributed by atoms with E-state index in [0.29, 0.717) is 17.8 Å². The molecule has 130 valence electrons. The Morgan fingerprint density at radius 1 is 1.25 bits per heavy atom. The standard InChI is InChI=1S/C19H26N2O2S/c1-2-3-4-6-11-15(16-13-24-19(23)17(16)20)12-21-18(22)14-9-7-5-8-10-14/h5,7-10,13,15,23H,2-4,6,11-12,20H2,1H3,(H,21,22). The van der Waals surface area contributed by atoms with Crippen LogP contribution in [0, 0.1) is 0 Å². The van der Waals surface area contributed by atoms with Crippen molar-refractivity contribution >= 4 is 22.9 Å². The quantitative estimate of drug-likeness (QED) is 0.584. The molecule has 2 aromatic rings. The topological polar surface area (TPSA) is 75.3 Å². The average Bonchev–Trinajstić information content (AvgIpc) is 2.94.